The van der Waals surface area contributed by atoms with E-state index in [-0.39, 0.29) is 0 Å². The van der Waals surface area contributed by atoms with Crippen LogP contribution in [0.2, 0.25) is 0 Å². The quantitative estimate of drug-likeness (QED) is 0.927. The molecule has 0 amide bonds. The van der Waals surface area contributed by atoms with Crippen LogP contribution in [0.1, 0.15) is 42.4 Å². The smallest absolute Gasteiger partial charge is 0.220 e. The molecule has 2 aromatic heterocycles. The van der Waals surface area contributed by atoms with E-state index in [2.05, 4.69) is 24.8 Å². The summed E-state index contributed by atoms with van der Waals surface area (Å²) >= 11 is 0. The van der Waals surface area contributed by atoms with Gasteiger partial charge in [-0.15, -0.1) is 0 Å². The van der Waals surface area contributed by atoms with Crippen LogP contribution in [0.4, 0.5) is 5.95 Å². The van der Waals surface area contributed by atoms with Crippen molar-refractivity contribution in [3.05, 3.63) is 41.7 Å². The van der Waals surface area contributed by atoms with Crippen LogP contribution in [-0.2, 0) is 6.54 Å². The van der Waals surface area contributed by atoms with E-state index in [1.807, 2.05) is 25.4 Å². The first-order valence-corrected chi connectivity index (χ1v) is 7.32. The molecule has 2 N–H and O–H groups in total. The number of aryl methyl sites for hydroxylation is 1. The molecule has 1 atom stereocenters. The Bertz CT molecular complexity index is 597. The molecule has 0 saturated carbocycles. The maximum absolute atomic E-state index is 5.72. The third-order valence-corrected chi connectivity index (χ3v) is 3.87. The van der Waals surface area contributed by atoms with Crippen molar-refractivity contribution in [3.63, 3.8) is 0 Å². The minimum Gasteiger partial charge on any atom is -0.368 e. The predicted molar refractivity (Wildman–Crippen MR) is 80.2 cm³/mol. The molecule has 0 aromatic carbocycles. The SMILES string of the molecule is Cc1ncc(CN2CCCCC2c2ccnc(N)n2)cn1. The second kappa shape index (κ2) is 6.13. The van der Waals surface area contributed by atoms with E-state index in [1.165, 1.54) is 12.8 Å². The highest BCUT2D eigenvalue weighted by molar-refractivity contribution is 5.20. The number of nitrogen functional groups attached to an aromatic ring is 1. The van der Waals surface area contributed by atoms with Gasteiger partial charge in [-0.05, 0) is 32.4 Å². The zero-order valence-corrected chi connectivity index (χ0v) is 12.2. The van der Waals surface area contributed by atoms with Gasteiger partial charge in [-0.1, -0.05) is 6.42 Å². The molecule has 1 unspecified atom stereocenters. The highest BCUT2D eigenvalue weighted by atomic mass is 15.2. The van der Waals surface area contributed by atoms with E-state index < -0.39 is 0 Å². The highest BCUT2D eigenvalue weighted by Crippen LogP contribution is 2.30. The van der Waals surface area contributed by atoms with Crippen LogP contribution in [-0.4, -0.2) is 31.4 Å². The van der Waals surface area contributed by atoms with Gasteiger partial charge in [-0.3, -0.25) is 4.90 Å². The van der Waals surface area contributed by atoms with Crippen molar-refractivity contribution in [2.24, 2.45) is 0 Å². The molecule has 3 rings (SSSR count). The molecule has 0 radical (unpaired) electrons. The number of anilines is 1. The van der Waals surface area contributed by atoms with Crippen molar-refractivity contribution in [1.82, 2.24) is 24.8 Å². The molecule has 0 aliphatic carbocycles. The number of hydrogen-bond donors (Lipinski definition) is 1. The topological polar surface area (TPSA) is 80.8 Å². The first kappa shape index (κ1) is 13.9. The lowest BCUT2D eigenvalue weighted by Crippen LogP contribution is -2.33. The Morgan fingerprint density at radius 1 is 1.24 bits per heavy atom. The Morgan fingerprint density at radius 2 is 2.05 bits per heavy atom. The van der Waals surface area contributed by atoms with Gasteiger partial charge in [0.2, 0.25) is 5.95 Å². The van der Waals surface area contributed by atoms with Crippen molar-refractivity contribution in [1.29, 1.82) is 0 Å². The van der Waals surface area contributed by atoms with E-state index in [9.17, 15) is 0 Å². The first-order chi connectivity index (χ1) is 10.2. The van der Waals surface area contributed by atoms with Crippen LogP contribution in [0, 0.1) is 6.92 Å². The van der Waals surface area contributed by atoms with Crippen molar-refractivity contribution < 1.29 is 0 Å². The third kappa shape index (κ3) is 3.33. The van der Waals surface area contributed by atoms with Crippen LogP contribution in [0.3, 0.4) is 0 Å². The largest absolute Gasteiger partial charge is 0.368 e. The van der Waals surface area contributed by atoms with Crippen molar-refractivity contribution in [3.8, 4) is 0 Å². The minimum atomic E-state index is 0.297. The first-order valence-electron chi connectivity index (χ1n) is 7.32. The van der Waals surface area contributed by atoms with Gasteiger partial charge in [0, 0.05) is 30.7 Å². The summed E-state index contributed by atoms with van der Waals surface area (Å²) in [6.45, 7) is 3.80. The fraction of sp³-hybridized carbons (Fsp3) is 0.467. The Hall–Kier alpha value is -2.08. The van der Waals surface area contributed by atoms with Gasteiger partial charge in [0.1, 0.15) is 5.82 Å². The summed E-state index contributed by atoms with van der Waals surface area (Å²) in [5.74, 6) is 1.15. The second-order valence-electron chi connectivity index (χ2n) is 5.46. The fourth-order valence-electron chi connectivity index (χ4n) is 2.82. The lowest BCUT2D eigenvalue weighted by Gasteiger charge is -2.35. The molecule has 1 fully saturated rings. The average molecular weight is 284 g/mol. The molecule has 21 heavy (non-hydrogen) atoms. The number of hydrogen-bond acceptors (Lipinski definition) is 6. The summed E-state index contributed by atoms with van der Waals surface area (Å²) < 4.78 is 0. The normalized spacial score (nSPS) is 19.6. The molecule has 110 valence electrons. The van der Waals surface area contributed by atoms with E-state index in [1.54, 1.807) is 6.20 Å². The number of nitrogens with zero attached hydrogens (tertiary/aromatic N) is 5. The maximum atomic E-state index is 5.72. The Labute approximate surface area is 124 Å². The van der Waals surface area contributed by atoms with Gasteiger partial charge < -0.3 is 5.73 Å². The summed E-state index contributed by atoms with van der Waals surface area (Å²) in [6, 6.07) is 2.26. The molecular weight excluding hydrogens is 264 g/mol. The van der Waals surface area contributed by atoms with Crippen molar-refractivity contribution >= 4 is 5.95 Å². The van der Waals surface area contributed by atoms with Gasteiger partial charge in [-0.2, -0.15) is 0 Å². The summed E-state index contributed by atoms with van der Waals surface area (Å²) in [7, 11) is 0. The van der Waals surface area contributed by atoms with Crippen molar-refractivity contribution in [2.45, 2.75) is 38.8 Å². The minimum absolute atomic E-state index is 0.297. The molecular formula is C15H20N6. The fourth-order valence-corrected chi connectivity index (χ4v) is 2.82. The summed E-state index contributed by atoms with van der Waals surface area (Å²) in [5.41, 5.74) is 7.86. The monoisotopic (exact) mass is 284 g/mol. The molecule has 2 aromatic rings. The van der Waals surface area contributed by atoms with Crippen LogP contribution in [0.15, 0.2) is 24.7 Å². The molecule has 1 aliphatic rings. The van der Waals surface area contributed by atoms with Crippen LogP contribution < -0.4 is 5.73 Å². The van der Waals surface area contributed by atoms with Crippen LogP contribution in [0.5, 0.6) is 0 Å². The van der Waals surface area contributed by atoms with E-state index in [0.717, 1.165) is 36.6 Å². The van der Waals surface area contributed by atoms with Gasteiger partial charge in [0.25, 0.3) is 0 Å². The lowest BCUT2D eigenvalue weighted by molar-refractivity contribution is 0.137. The summed E-state index contributed by atoms with van der Waals surface area (Å²) in [6.07, 6.45) is 9.08. The van der Waals surface area contributed by atoms with Gasteiger partial charge in [0.15, 0.2) is 0 Å². The molecule has 1 saturated heterocycles. The van der Waals surface area contributed by atoms with E-state index in [4.69, 9.17) is 5.73 Å². The molecule has 1 aliphatic heterocycles. The number of rotatable bonds is 3. The second-order valence-corrected chi connectivity index (χ2v) is 5.46. The van der Waals surface area contributed by atoms with E-state index >= 15 is 0 Å². The maximum Gasteiger partial charge on any atom is 0.220 e. The van der Waals surface area contributed by atoms with Crippen LogP contribution in [0.25, 0.3) is 0 Å². The van der Waals surface area contributed by atoms with Crippen molar-refractivity contribution in [2.75, 3.05) is 12.3 Å². The highest BCUT2D eigenvalue weighted by Gasteiger charge is 2.25. The number of aromatic nitrogens is 4. The zero-order valence-electron chi connectivity index (χ0n) is 12.2. The Morgan fingerprint density at radius 3 is 2.81 bits per heavy atom. The molecule has 6 nitrogen and oxygen atoms in total. The lowest BCUT2D eigenvalue weighted by atomic mass is 9.98. The van der Waals surface area contributed by atoms with E-state index in [0.29, 0.717) is 12.0 Å². The Balaban J connectivity index is 1.79. The third-order valence-electron chi connectivity index (χ3n) is 3.87. The van der Waals surface area contributed by atoms with Gasteiger partial charge >= 0.3 is 0 Å². The molecule has 0 bridgehead atoms. The number of nitrogens with two attached hydrogens (primary N) is 1. The number of likely N-dealkylation sites (tertiary alicyclic amines) is 1. The molecule has 3 heterocycles. The van der Waals surface area contributed by atoms with Gasteiger partial charge in [-0.25, -0.2) is 19.9 Å². The zero-order chi connectivity index (χ0) is 14.7. The number of piperidine rings is 1. The summed E-state index contributed by atoms with van der Waals surface area (Å²) in [5, 5.41) is 0. The predicted octanol–water partition coefficient (Wildman–Crippen LogP) is 1.88. The molecule has 6 heteroatoms. The average Bonchev–Trinajstić information content (AvgIpc) is 2.50. The standard InChI is InChI=1S/C15H20N6/c1-11-18-8-12(9-19-11)10-21-7-3-2-4-14(21)13-5-6-17-15(16)20-13/h5-6,8-9,14H,2-4,7,10H2,1H3,(H2,16,17,20). The Kier molecular flexibility index (Phi) is 4.06. The molecule has 0 spiro atoms. The van der Waals surface area contributed by atoms with Crippen LogP contribution >= 0.6 is 0 Å². The summed E-state index contributed by atoms with van der Waals surface area (Å²) in [4.78, 5) is 19.4. The van der Waals surface area contributed by atoms with Gasteiger partial charge in [0.05, 0.1) is 11.7 Å².